The molecule has 3 saturated heterocycles. The van der Waals surface area contributed by atoms with Crippen molar-refractivity contribution in [3.63, 3.8) is 0 Å². The van der Waals surface area contributed by atoms with Gasteiger partial charge in [-0.1, -0.05) is 66.7 Å². The van der Waals surface area contributed by atoms with Gasteiger partial charge in [0.15, 0.2) is 24.4 Å². The van der Waals surface area contributed by atoms with Gasteiger partial charge in [0, 0.05) is 26.7 Å². The van der Waals surface area contributed by atoms with Crippen LogP contribution < -0.4 is 0 Å². The first-order valence-electron chi connectivity index (χ1n) is 20.6. The van der Waals surface area contributed by atoms with Gasteiger partial charge in [-0.15, -0.1) is 0 Å². The molecule has 64 heavy (non-hydrogen) atoms. The first-order valence-corrected chi connectivity index (χ1v) is 20.6. The fourth-order valence-electron chi connectivity index (χ4n) is 7.92. The second kappa shape index (κ2) is 21.4. The monoisotopic (exact) mass is 890 g/mol. The molecule has 0 bridgehead atoms. The Hall–Kier alpha value is -6.21. The smallest absolute Gasteiger partial charge is 0.366 e. The van der Waals surface area contributed by atoms with Crippen LogP contribution in [0.25, 0.3) is 0 Å². The number of carbonyl (C=O) groups excluding carboxylic acids is 7. The maximum atomic E-state index is 14.0. The Morgan fingerprint density at radius 1 is 0.750 bits per heavy atom. The van der Waals surface area contributed by atoms with Crippen molar-refractivity contribution in [3.05, 3.63) is 108 Å². The zero-order valence-electron chi connectivity index (χ0n) is 35.8. The lowest BCUT2D eigenvalue weighted by Crippen LogP contribution is -2.64. The van der Waals surface area contributed by atoms with Gasteiger partial charge in [0.1, 0.15) is 31.0 Å². The van der Waals surface area contributed by atoms with Crippen LogP contribution in [0.2, 0.25) is 0 Å². The van der Waals surface area contributed by atoms with Crippen LogP contribution in [-0.2, 0) is 82.7 Å². The number of hydrogen-bond donors (Lipinski definition) is 0. The molecule has 0 saturated carbocycles. The van der Waals surface area contributed by atoms with E-state index in [0.29, 0.717) is 0 Å². The highest BCUT2D eigenvalue weighted by Crippen LogP contribution is 2.45. The minimum Gasteiger partial charge on any atom is -0.465 e. The van der Waals surface area contributed by atoms with Gasteiger partial charge in [0.25, 0.3) is 5.79 Å². The number of carbonyl (C=O) groups is 7. The predicted octanol–water partition coefficient (Wildman–Crippen LogP) is 3.84. The molecule has 0 aromatic heterocycles. The topological polar surface area (TPSA) is 221 Å². The van der Waals surface area contributed by atoms with E-state index in [4.69, 9.17) is 52.1 Å². The number of methoxy groups -OCH3 is 1. The quantitative estimate of drug-likeness (QED) is 0.139. The molecule has 18 heteroatoms. The second-order valence-corrected chi connectivity index (χ2v) is 15.4. The average Bonchev–Trinajstić information content (AvgIpc) is 3.66. The molecule has 3 aliphatic heterocycles. The number of rotatable bonds is 17. The average molecular weight is 891 g/mol. The molecule has 3 aromatic carbocycles. The maximum absolute atomic E-state index is 14.0. The Bertz CT molecular complexity index is 2110. The summed E-state index contributed by atoms with van der Waals surface area (Å²) < 4.78 is 65.3. The van der Waals surface area contributed by atoms with E-state index in [1.54, 1.807) is 91.9 Å². The molecule has 342 valence electrons. The van der Waals surface area contributed by atoms with Crippen LogP contribution in [0.5, 0.6) is 0 Å². The van der Waals surface area contributed by atoms with E-state index >= 15 is 0 Å². The van der Waals surface area contributed by atoms with E-state index in [2.05, 4.69) is 0 Å². The summed E-state index contributed by atoms with van der Waals surface area (Å²) in [5.41, 5.74) is 1.14. The normalized spacial score (nSPS) is 27.0. The Kier molecular flexibility index (Phi) is 15.8. The molecular weight excluding hydrogens is 840 g/mol. The number of esters is 7. The Morgan fingerprint density at radius 3 is 1.89 bits per heavy atom. The molecule has 0 amide bonds. The summed E-state index contributed by atoms with van der Waals surface area (Å²) in [4.78, 5) is 91.2. The molecule has 0 radical (unpaired) electrons. The first-order chi connectivity index (χ1) is 30.7. The minimum atomic E-state index is -2.44. The first kappa shape index (κ1) is 47.3. The lowest BCUT2D eigenvalue weighted by Gasteiger charge is -2.48. The van der Waals surface area contributed by atoms with E-state index < -0.39 is 128 Å². The van der Waals surface area contributed by atoms with E-state index in [0.717, 1.165) is 33.4 Å². The minimum absolute atomic E-state index is 0.0527. The van der Waals surface area contributed by atoms with E-state index in [9.17, 15) is 33.6 Å². The lowest BCUT2D eigenvalue weighted by atomic mass is 9.82. The van der Waals surface area contributed by atoms with Gasteiger partial charge in [-0.05, 0) is 36.8 Å². The van der Waals surface area contributed by atoms with Crippen molar-refractivity contribution < 1.29 is 85.7 Å². The summed E-state index contributed by atoms with van der Waals surface area (Å²) in [7, 11) is 1.07. The van der Waals surface area contributed by atoms with Gasteiger partial charge < -0.3 is 52.1 Å². The van der Waals surface area contributed by atoms with E-state index in [1.807, 2.05) is 6.07 Å². The zero-order chi connectivity index (χ0) is 46.0. The predicted molar refractivity (Wildman–Crippen MR) is 217 cm³/mol. The van der Waals surface area contributed by atoms with Crippen molar-refractivity contribution in [2.24, 2.45) is 5.92 Å². The Morgan fingerprint density at radius 2 is 1.33 bits per heavy atom. The van der Waals surface area contributed by atoms with Crippen molar-refractivity contribution in [3.8, 4) is 0 Å². The van der Waals surface area contributed by atoms with Gasteiger partial charge in [-0.2, -0.15) is 0 Å². The third-order valence-electron chi connectivity index (χ3n) is 10.8. The summed E-state index contributed by atoms with van der Waals surface area (Å²) in [5, 5.41) is 0. The summed E-state index contributed by atoms with van der Waals surface area (Å²) in [6, 6.07) is 25.4. The lowest BCUT2D eigenvalue weighted by molar-refractivity contribution is -0.329. The molecule has 11 unspecified atom stereocenters. The summed E-state index contributed by atoms with van der Waals surface area (Å²) in [5.74, 6) is -9.05. The van der Waals surface area contributed by atoms with Crippen LogP contribution in [0.4, 0.5) is 0 Å². The van der Waals surface area contributed by atoms with Crippen LogP contribution in [0.3, 0.4) is 0 Å². The number of fused-ring (bicyclic) bond motifs is 1. The van der Waals surface area contributed by atoms with Gasteiger partial charge in [0.05, 0.1) is 50.4 Å². The molecule has 0 N–H and O–H groups in total. The molecule has 18 nitrogen and oxygen atoms in total. The number of hydrogen-bond acceptors (Lipinski definition) is 18. The van der Waals surface area contributed by atoms with Gasteiger partial charge in [-0.3, -0.25) is 19.2 Å². The van der Waals surface area contributed by atoms with Gasteiger partial charge in [-0.25, -0.2) is 14.4 Å². The SMILES string of the molecule is COC(=O)C1(OCC2OC(C)C(OC(=O)c3ccccc3)C(OC(=O)c3ccccc3)C2OCc2ccccc2)CC2OC(=O)CC2C(C(OC(C)=O)C(COC(C)=O)OC(C)=O)O1. The molecule has 3 aliphatic rings. The molecular formula is C46H50O18. The highest BCUT2D eigenvalue weighted by molar-refractivity contribution is 5.90. The van der Waals surface area contributed by atoms with Crippen molar-refractivity contribution in [2.75, 3.05) is 20.3 Å². The van der Waals surface area contributed by atoms with Crippen molar-refractivity contribution in [1.82, 2.24) is 0 Å². The maximum Gasteiger partial charge on any atom is 0.366 e. The van der Waals surface area contributed by atoms with Crippen LogP contribution in [0.1, 0.15) is 66.8 Å². The van der Waals surface area contributed by atoms with Crippen LogP contribution in [0, 0.1) is 5.92 Å². The van der Waals surface area contributed by atoms with Crippen molar-refractivity contribution in [2.45, 2.75) is 108 Å². The van der Waals surface area contributed by atoms with Crippen molar-refractivity contribution in [1.29, 1.82) is 0 Å². The standard InChI is InChI=1S/C46H50O18/c1-26-38(62-43(51)31-17-11-7-12-18-31)42(63-44(52)32-19-13-8-14-20-32)40(56-23-30-15-9-6-10-16-30)36(58-26)25-57-46(45(53)54-5)22-34-33(21-37(50)61-34)39(64-46)41(60-29(4)49)35(59-28(3)48)24-55-27(2)47/h6-20,26,33-36,38-42H,21-25H2,1-5H3. The molecule has 3 fully saturated rings. The Balaban J connectivity index is 1.38. The van der Waals surface area contributed by atoms with Crippen LogP contribution in [-0.4, -0.2) is 123 Å². The highest BCUT2D eigenvalue weighted by Gasteiger charge is 2.62. The Labute approximate surface area is 368 Å². The molecule has 3 aromatic rings. The molecule has 11 atom stereocenters. The molecule has 0 aliphatic carbocycles. The largest absolute Gasteiger partial charge is 0.465 e. The van der Waals surface area contributed by atoms with Crippen LogP contribution >= 0.6 is 0 Å². The zero-order valence-corrected chi connectivity index (χ0v) is 35.8. The summed E-state index contributed by atoms with van der Waals surface area (Å²) in [6.07, 6.45) is -12.4. The third-order valence-corrected chi connectivity index (χ3v) is 10.8. The van der Waals surface area contributed by atoms with E-state index in [-0.39, 0.29) is 24.2 Å². The number of benzene rings is 3. The number of ether oxygens (including phenoxy) is 11. The summed E-state index contributed by atoms with van der Waals surface area (Å²) >= 11 is 0. The van der Waals surface area contributed by atoms with Crippen LogP contribution in [0.15, 0.2) is 91.0 Å². The molecule has 3 heterocycles. The summed E-state index contributed by atoms with van der Waals surface area (Å²) in [6.45, 7) is 3.66. The highest BCUT2D eigenvalue weighted by atomic mass is 16.8. The van der Waals surface area contributed by atoms with Crippen molar-refractivity contribution >= 4 is 41.8 Å². The molecule has 0 spiro atoms. The fraction of sp³-hybridized carbons (Fsp3) is 0.457. The second-order valence-electron chi connectivity index (χ2n) is 15.4. The van der Waals surface area contributed by atoms with E-state index in [1.165, 1.54) is 0 Å². The fourth-order valence-corrected chi connectivity index (χ4v) is 7.92. The molecule has 6 rings (SSSR count). The van der Waals surface area contributed by atoms with Gasteiger partial charge >= 0.3 is 41.8 Å². The third kappa shape index (κ3) is 11.7. The van der Waals surface area contributed by atoms with Gasteiger partial charge in [0.2, 0.25) is 0 Å².